The smallest absolute Gasteiger partial charge is 0.504 e. The fourth-order valence-corrected chi connectivity index (χ4v) is 3.19. The van der Waals surface area contributed by atoms with E-state index in [1.54, 1.807) is 0 Å². The quantitative estimate of drug-likeness (QED) is 0.357. The predicted octanol–water partition coefficient (Wildman–Crippen LogP) is 2.97. The van der Waals surface area contributed by atoms with Crippen molar-refractivity contribution in [3.8, 4) is 5.75 Å². The van der Waals surface area contributed by atoms with Crippen LogP contribution in [-0.2, 0) is 6.54 Å². The van der Waals surface area contributed by atoms with Crippen molar-refractivity contribution >= 4 is 29.5 Å². The SMILES string of the molecule is OBOc1ccccc1C[n+]1c2ccccc2cc2ccccc21. The summed E-state index contributed by atoms with van der Waals surface area (Å²) in [7, 11) is -0.321. The molecule has 3 aromatic carbocycles. The van der Waals surface area contributed by atoms with E-state index in [1.807, 2.05) is 24.3 Å². The molecular weight excluding hydrogens is 297 g/mol. The van der Waals surface area contributed by atoms with Crippen molar-refractivity contribution in [3.63, 3.8) is 0 Å². The molecule has 24 heavy (non-hydrogen) atoms. The maximum atomic E-state index is 9.12. The summed E-state index contributed by atoms with van der Waals surface area (Å²) in [6.45, 7) is 0.679. The summed E-state index contributed by atoms with van der Waals surface area (Å²) < 4.78 is 7.67. The molecule has 0 fully saturated rings. The average molecular weight is 314 g/mol. The molecular formula is C20H17BNO2+. The third kappa shape index (κ3) is 2.61. The van der Waals surface area contributed by atoms with Gasteiger partial charge in [0.2, 0.25) is 11.0 Å². The fraction of sp³-hybridized carbons (Fsp3) is 0.0500. The number of hydrogen-bond donors (Lipinski definition) is 1. The van der Waals surface area contributed by atoms with Crippen LogP contribution in [0.3, 0.4) is 0 Å². The molecule has 0 aliphatic carbocycles. The normalized spacial score (nSPS) is 10.9. The average Bonchev–Trinajstić information content (AvgIpc) is 2.63. The number of para-hydroxylation sites is 3. The Morgan fingerprint density at radius 3 is 2.04 bits per heavy atom. The van der Waals surface area contributed by atoms with Gasteiger partial charge in [-0.2, -0.15) is 4.57 Å². The van der Waals surface area contributed by atoms with Gasteiger partial charge in [0.25, 0.3) is 0 Å². The van der Waals surface area contributed by atoms with E-state index in [-0.39, 0.29) is 7.69 Å². The number of aromatic nitrogens is 1. The molecule has 0 amide bonds. The largest absolute Gasteiger partial charge is 0.538 e. The highest BCUT2D eigenvalue weighted by atomic mass is 16.5. The van der Waals surface area contributed by atoms with Gasteiger partial charge >= 0.3 is 7.69 Å². The lowest BCUT2D eigenvalue weighted by Crippen LogP contribution is -2.36. The van der Waals surface area contributed by atoms with Crippen LogP contribution in [0.15, 0.2) is 78.9 Å². The van der Waals surface area contributed by atoms with Crippen molar-refractivity contribution in [2.24, 2.45) is 0 Å². The zero-order valence-electron chi connectivity index (χ0n) is 13.2. The molecule has 4 rings (SSSR count). The second-order valence-electron chi connectivity index (χ2n) is 5.73. The summed E-state index contributed by atoms with van der Waals surface area (Å²) in [5.74, 6) is 0.713. The maximum Gasteiger partial charge on any atom is 0.504 e. The number of benzene rings is 3. The Morgan fingerprint density at radius 2 is 1.38 bits per heavy atom. The Hall–Kier alpha value is -2.85. The van der Waals surface area contributed by atoms with Crippen molar-refractivity contribution in [3.05, 3.63) is 84.4 Å². The fourth-order valence-electron chi connectivity index (χ4n) is 3.19. The molecule has 4 aromatic rings. The monoisotopic (exact) mass is 314 g/mol. The van der Waals surface area contributed by atoms with E-state index in [4.69, 9.17) is 9.68 Å². The third-order valence-electron chi connectivity index (χ3n) is 4.29. The zero-order valence-corrected chi connectivity index (χ0v) is 13.2. The number of nitrogens with zero attached hydrogens (tertiary/aromatic N) is 1. The van der Waals surface area contributed by atoms with Crippen LogP contribution in [0.4, 0.5) is 0 Å². The molecule has 0 spiro atoms. The van der Waals surface area contributed by atoms with E-state index >= 15 is 0 Å². The second kappa shape index (κ2) is 6.34. The van der Waals surface area contributed by atoms with E-state index in [9.17, 15) is 0 Å². The molecule has 1 heterocycles. The van der Waals surface area contributed by atoms with Gasteiger partial charge in [-0.05, 0) is 30.3 Å². The first kappa shape index (κ1) is 14.7. The highest BCUT2D eigenvalue weighted by molar-refractivity contribution is 6.17. The maximum absolute atomic E-state index is 9.12. The lowest BCUT2D eigenvalue weighted by molar-refractivity contribution is -0.635. The van der Waals surface area contributed by atoms with Crippen molar-refractivity contribution in [1.29, 1.82) is 0 Å². The van der Waals surface area contributed by atoms with Crippen molar-refractivity contribution in [2.75, 3.05) is 0 Å². The minimum Gasteiger partial charge on any atom is -0.538 e. The summed E-state index contributed by atoms with van der Waals surface area (Å²) in [5, 5.41) is 11.5. The first-order chi connectivity index (χ1) is 11.9. The van der Waals surface area contributed by atoms with Crippen molar-refractivity contribution in [1.82, 2.24) is 0 Å². The summed E-state index contributed by atoms with van der Waals surface area (Å²) in [4.78, 5) is 0. The van der Waals surface area contributed by atoms with E-state index in [1.165, 1.54) is 21.8 Å². The Morgan fingerprint density at radius 1 is 0.792 bits per heavy atom. The minimum atomic E-state index is -0.321. The van der Waals surface area contributed by atoms with Crippen LogP contribution in [0.2, 0.25) is 0 Å². The van der Waals surface area contributed by atoms with Gasteiger partial charge in [-0.1, -0.05) is 36.4 Å². The molecule has 0 saturated heterocycles. The first-order valence-electron chi connectivity index (χ1n) is 7.99. The zero-order chi connectivity index (χ0) is 16.4. The van der Waals surface area contributed by atoms with Gasteiger partial charge in [0, 0.05) is 22.9 Å². The van der Waals surface area contributed by atoms with E-state index in [2.05, 4.69) is 59.2 Å². The summed E-state index contributed by atoms with van der Waals surface area (Å²) in [6.07, 6.45) is 0. The third-order valence-corrected chi connectivity index (χ3v) is 4.29. The molecule has 0 radical (unpaired) electrons. The van der Waals surface area contributed by atoms with Gasteiger partial charge in [-0.3, -0.25) is 0 Å². The molecule has 1 N–H and O–H groups in total. The molecule has 1 aromatic heterocycles. The molecule has 0 atom stereocenters. The molecule has 116 valence electrons. The highest BCUT2D eigenvalue weighted by Crippen LogP contribution is 2.21. The predicted molar refractivity (Wildman–Crippen MR) is 97.2 cm³/mol. The Balaban J connectivity index is 1.94. The van der Waals surface area contributed by atoms with Crippen LogP contribution in [0.25, 0.3) is 21.8 Å². The van der Waals surface area contributed by atoms with Gasteiger partial charge in [0.05, 0.1) is 5.56 Å². The van der Waals surface area contributed by atoms with Crippen LogP contribution < -0.4 is 9.22 Å². The summed E-state index contributed by atoms with van der Waals surface area (Å²) in [5.41, 5.74) is 3.39. The number of fused-ring (bicyclic) bond motifs is 2. The number of rotatable bonds is 4. The Bertz CT molecular complexity index is 962. The first-order valence-corrected chi connectivity index (χ1v) is 7.99. The summed E-state index contributed by atoms with van der Waals surface area (Å²) >= 11 is 0. The van der Waals surface area contributed by atoms with Gasteiger partial charge in [-0.25, -0.2) is 0 Å². The second-order valence-corrected chi connectivity index (χ2v) is 5.73. The molecule has 3 nitrogen and oxygen atoms in total. The molecule has 0 unspecified atom stereocenters. The number of hydrogen-bond acceptors (Lipinski definition) is 2. The Labute approximate surface area is 141 Å². The molecule has 0 saturated carbocycles. The van der Waals surface area contributed by atoms with Gasteiger partial charge in [0.1, 0.15) is 5.75 Å². The number of pyridine rings is 1. The van der Waals surface area contributed by atoms with E-state index in [0.717, 1.165) is 5.56 Å². The van der Waals surface area contributed by atoms with Crippen LogP contribution in [0.5, 0.6) is 5.75 Å². The van der Waals surface area contributed by atoms with Gasteiger partial charge < -0.3 is 9.68 Å². The van der Waals surface area contributed by atoms with E-state index in [0.29, 0.717) is 12.3 Å². The van der Waals surface area contributed by atoms with Crippen LogP contribution in [-0.4, -0.2) is 12.7 Å². The minimum absolute atomic E-state index is 0.321. The van der Waals surface area contributed by atoms with Gasteiger partial charge in [0.15, 0.2) is 6.54 Å². The molecule has 4 heteroatoms. The van der Waals surface area contributed by atoms with Gasteiger partial charge in [-0.15, -0.1) is 0 Å². The standard InChI is InChI=1S/C20H17BNO2/c23-21-24-20-12-6-3-9-17(20)14-22-18-10-4-1-7-15(18)13-16-8-2-5-11-19(16)22/h1-13,21,23H,14H2/q+1. The van der Waals surface area contributed by atoms with Crippen LogP contribution in [0, 0.1) is 0 Å². The van der Waals surface area contributed by atoms with Crippen LogP contribution in [0.1, 0.15) is 5.56 Å². The lowest BCUT2D eigenvalue weighted by atomic mass is 10.1. The highest BCUT2D eigenvalue weighted by Gasteiger charge is 2.17. The lowest BCUT2D eigenvalue weighted by Gasteiger charge is -2.10. The van der Waals surface area contributed by atoms with Crippen LogP contribution >= 0.6 is 0 Å². The molecule has 0 aliphatic rings. The van der Waals surface area contributed by atoms with Crippen molar-refractivity contribution < 1.29 is 14.2 Å². The Kier molecular flexibility index (Phi) is 3.89. The van der Waals surface area contributed by atoms with Crippen molar-refractivity contribution in [2.45, 2.75) is 6.54 Å². The molecule has 0 aliphatic heterocycles. The topological polar surface area (TPSA) is 33.3 Å². The summed E-state index contributed by atoms with van der Waals surface area (Å²) in [6, 6.07) is 26.8. The van der Waals surface area contributed by atoms with E-state index < -0.39 is 0 Å². The molecule has 0 bridgehead atoms.